The Balaban J connectivity index is 1.56. The summed E-state index contributed by atoms with van der Waals surface area (Å²) in [6, 6.07) is 13.9. The molecular weight excluding hydrogens is 357 g/mol. The highest BCUT2D eigenvalue weighted by atomic mass is 19.1. The molecule has 2 N–H and O–H groups in total. The van der Waals surface area contributed by atoms with Crippen molar-refractivity contribution in [3.05, 3.63) is 65.5 Å². The van der Waals surface area contributed by atoms with Crippen LogP contribution in [0.1, 0.15) is 43.2 Å². The predicted molar refractivity (Wildman–Crippen MR) is 104 cm³/mol. The maximum absolute atomic E-state index is 13.6. The van der Waals surface area contributed by atoms with E-state index in [-0.39, 0.29) is 24.3 Å². The van der Waals surface area contributed by atoms with Gasteiger partial charge in [0.1, 0.15) is 0 Å². The first kappa shape index (κ1) is 18.9. The average Bonchev–Trinajstić information content (AvgIpc) is 2.72. The molecule has 2 aromatic carbocycles. The topological polar surface area (TPSA) is 60.8 Å². The number of rotatable bonds is 3. The van der Waals surface area contributed by atoms with Crippen LogP contribution in [0.2, 0.25) is 0 Å². The van der Waals surface area contributed by atoms with Crippen molar-refractivity contribution < 1.29 is 19.4 Å². The summed E-state index contributed by atoms with van der Waals surface area (Å²) in [6.07, 6.45) is 4.49. The van der Waals surface area contributed by atoms with Gasteiger partial charge in [0, 0.05) is 18.5 Å². The number of phenolic OH excluding ortho intramolecular Hbond substituents is 1. The number of halogens is 1. The Kier molecular flexibility index (Phi) is 5.11. The molecule has 2 aliphatic rings. The molecule has 0 bridgehead atoms. The molecule has 2 aromatic rings. The van der Waals surface area contributed by atoms with Gasteiger partial charge in [0.25, 0.3) is 0 Å². The third-order valence-corrected chi connectivity index (χ3v) is 6.44. The largest absolute Gasteiger partial charge is 0.505 e. The molecule has 0 aromatic heterocycles. The molecule has 1 aliphatic heterocycles. The number of aromatic hydroxyl groups is 1. The number of carbonyl (C=O) groups excluding carboxylic acids is 1. The molecule has 1 saturated heterocycles. The summed E-state index contributed by atoms with van der Waals surface area (Å²) in [5.41, 5.74) is 0.574. The molecule has 0 unspecified atom stereocenters. The van der Waals surface area contributed by atoms with E-state index in [1.54, 1.807) is 6.07 Å². The summed E-state index contributed by atoms with van der Waals surface area (Å²) >= 11 is 0. The highest BCUT2D eigenvalue weighted by molar-refractivity contribution is 5.79. The maximum atomic E-state index is 13.6. The normalized spacial score (nSPS) is 27.3. The number of likely N-dealkylation sites (tertiary alicyclic amines) is 1. The van der Waals surface area contributed by atoms with Gasteiger partial charge in [-0.3, -0.25) is 4.79 Å². The zero-order valence-corrected chi connectivity index (χ0v) is 15.9. The average molecular weight is 383 g/mol. The van der Waals surface area contributed by atoms with Crippen molar-refractivity contribution in [1.82, 2.24) is 4.90 Å². The van der Waals surface area contributed by atoms with Crippen LogP contribution in [0.25, 0.3) is 0 Å². The summed E-state index contributed by atoms with van der Waals surface area (Å²) in [5, 5.41) is 20.9. The first-order chi connectivity index (χ1) is 13.5. The van der Waals surface area contributed by atoms with Crippen LogP contribution in [0.5, 0.6) is 5.75 Å². The number of carbonyl (C=O) groups is 1. The standard InChI is InChI=1S/C23H26FNO3/c24-19-14-16(10-11-21(19)26)15-22(27)25-13-12-23(28,17-6-2-1-3-7-17)18-8-4-5-9-20(18)25/h1-3,6-7,10-11,14,18,20,26,28H,4-5,8-9,12-13,15H2/t18-,20+,23+/m0/s1. The lowest BCUT2D eigenvalue weighted by atomic mass is 9.66. The highest BCUT2D eigenvalue weighted by Crippen LogP contribution is 2.47. The van der Waals surface area contributed by atoms with Crippen LogP contribution in [0.15, 0.2) is 48.5 Å². The van der Waals surface area contributed by atoms with Gasteiger partial charge in [-0.05, 0) is 42.5 Å². The lowest BCUT2D eigenvalue weighted by Crippen LogP contribution is -2.59. The molecule has 0 radical (unpaired) electrons. The van der Waals surface area contributed by atoms with Crippen molar-refractivity contribution >= 4 is 5.91 Å². The SMILES string of the molecule is O=C(Cc1ccc(O)c(F)c1)N1CC[C@@](O)(c2ccccc2)[C@H]2CCCC[C@H]21. The summed E-state index contributed by atoms with van der Waals surface area (Å²) in [5.74, 6) is -1.15. The van der Waals surface area contributed by atoms with Crippen LogP contribution in [0, 0.1) is 11.7 Å². The second kappa shape index (κ2) is 7.55. The molecule has 3 atom stereocenters. The first-order valence-corrected chi connectivity index (χ1v) is 10.0. The van der Waals surface area contributed by atoms with Crippen LogP contribution in [0.4, 0.5) is 4.39 Å². The predicted octanol–water partition coefficient (Wildman–Crippen LogP) is 3.75. The number of amides is 1. The minimum atomic E-state index is -0.909. The van der Waals surface area contributed by atoms with Crippen molar-refractivity contribution in [2.24, 2.45) is 5.92 Å². The molecule has 4 rings (SSSR count). The zero-order chi connectivity index (χ0) is 19.7. The van der Waals surface area contributed by atoms with Crippen molar-refractivity contribution in [2.75, 3.05) is 6.54 Å². The van der Waals surface area contributed by atoms with Gasteiger partial charge >= 0.3 is 0 Å². The van der Waals surface area contributed by atoms with Crippen molar-refractivity contribution in [2.45, 2.75) is 50.2 Å². The van der Waals surface area contributed by atoms with Crippen LogP contribution < -0.4 is 0 Å². The van der Waals surface area contributed by atoms with Gasteiger partial charge in [0.05, 0.1) is 12.0 Å². The minimum absolute atomic E-state index is 0.00201. The van der Waals surface area contributed by atoms with Crippen LogP contribution in [-0.4, -0.2) is 33.6 Å². The summed E-state index contributed by atoms with van der Waals surface area (Å²) in [6.45, 7) is 0.492. The number of hydrogen-bond donors (Lipinski definition) is 2. The van der Waals surface area contributed by atoms with E-state index in [0.29, 0.717) is 18.5 Å². The van der Waals surface area contributed by atoms with E-state index >= 15 is 0 Å². The molecule has 1 saturated carbocycles. The lowest BCUT2D eigenvalue weighted by Gasteiger charge is -2.52. The highest BCUT2D eigenvalue weighted by Gasteiger charge is 2.50. The lowest BCUT2D eigenvalue weighted by molar-refractivity contribution is -0.154. The number of nitrogens with zero attached hydrogens (tertiary/aromatic N) is 1. The van der Waals surface area contributed by atoms with E-state index in [9.17, 15) is 19.4 Å². The molecule has 2 fully saturated rings. The Morgan fingerprint density at radius 2 is 1.89 bits per heavy atom. The van der Waals surface area contributed by atoms with E-state index < -0.39 is 17.2 Å². The molecule has 148 valence electrons. The van der Waals surface area contributed by atoms with E-state index in [1.807, 2.05) is 35.2 Å². The fourth-order valence-corrected chi connectivity index (χ4v) is 5.01. The van der Waals surface area contributed by atoms with Gasteiger partial charge in [-0.1, -0.05) is 49.2 Å². The molecule has 1 heterocycles. The maximum Gasteiger partial charge on any atom is 0.227 e. The van der Waals surface area contributed by atoms with Crippen molar-refractivity contribution in [3.8, 4) is 5.75 Å². The van der Waals surface area contributed by atoms with Gasteiger partial charge in [0.15, 0.2) is 11.6 Å². The molecule has 28 heavy (non-hydrogen) atoms. The van der Waals surface area contributed by atoms with Gasteiger partial charge in [-0.25, -0.2) is 4.39 Å². The quantitative estimate of drug-likeness (QED) is 0.849. The van der Waals surface area contributed by atoms with Crippen LogP contribution >= 0.6 is 0 Å². The van der Waals surface area contributed by atoms with Gasteiger partial charge < -0.3 is 15.1 Å². The minimum Gasteiger partial charge on any atom is -0.505 e. The number of hydrogen-bond acceptors (Lipinski definition) is 3. The smallest absolute Gasteiger partial charge is 0.227 e. The van der Waals surface area contributed by atoms with E-state index in [0.717, 1.165) is 31.2 Å². The molecule has 5 heteroatoms. The first-order valence-electron chi connectivity index (χ1n) is 10.0. The van der Waals surface area contributed by atoms with Crippen LogP contribution in [-0.2, 0) is 16.8 Å². The van der Waals surface area contributed by atoms with Crippen molar-refractivity contribution in [1.29, 1.82) is 0 Å². The Morgan fingerprint density at radius 3 is 2.64 bits per heavy atom. The number of phenols is 1. The molecular formula is C23H26FNO3. The third kappa shape index (κ3) is 3.39. The fourth-order valence-electron chi connectivity index (χ4n) is 5.01. The van der Waals surface area contributed by atoms with Crippen LogP contribution in [0.3, 0.4) is 0 Å². The second-order valence-electron chi connectivity index (χ2n) is 8.05. The summed E-state index contributed by atoms with van der Waals surface area (Å²) in [7, 11) is 0. The Labute approximate surface area is 164 Å². The zero-order valence-electron chi connectivity index (χ0n) is 15.9. The molecule has 1 amide bonds. The van der Waals surface area contributed by atoms with Gasteiger partial charge in [-0.2, -0.15) is 0 Å². The Morgan fingerprint density at radius 1 is 1.14 bits per heavy atom. The number of benzene rings is 2. The third-order valence-electron chi connectivity index (χ3n) is 6.44. The van der Waals surface area contributed by atoms with Crippen molar-refractivity contribution in [3.63, 3.8) is 0 Å². The van der Waals surface area contributed by atoms with E-state index in [4.69, 9.17) is 0 Å². The second-order valence-corrected chi connectivity index (χ2v) is 8.05. The Bertz CT molecular complexity index is 856. The molecule has 4 nitrogen and oxygen atoms in total. The monoisotopic (exact) mass is 383 g/mol. The number of piperidine rings is 1. The summed E-state index contributed by atoms with van der Waals surface area (Å²) < 4.78 is 13.6. The fraction of sp³-hybridized carbons (Fsp3) is 0.435. The summed E-state index contributed by atoms with van der Waals surface area (Å²) in [4.78, 5) is 14.9. The van der Waals surface area contributed by atoms with Gasteiger partial charge in [0.2, 0.25) is 5.91 Å². The molecule has 0 spiro atoms. The van der Waals surface area contributed by atoms with E-state index in [1.165, 1.54) is 12.1 Å². The Hall–Kier alpha value is -2.40. The van der Waals surface area contributed by atoms with E-state index in [2.05, 4.69) is 0 Å². The van der Waals surface area contributed by atoms with Gasteiger partial charge in [-0.15, -0.1) is 0 Å². The molecule has 1 aliphatic carbocycles. The number of aliphatic hydroxyl groups is 1. The number of fused-ring (bicyclic) bond motifs is 1.